The fraction of sp³-hybridized carbons (Fsp3) is 0.133. The van der Waals surface area contributed by atoms with Crippen molar-refractivity contribution in [3.63, 3.8) is 0 Å². The molecule has 0 atom stereocenters. The van der Waals surface area contributed by atoms with Gasteiger partial charge < -0.3 is 10.4 Å². The number of benzene rings is 3. The summed E-state index contributed by atoms with van der Waals surface area (Å²) in [6, 6.07) is 24.6. The molecule has 2 N–H and O–H groups in total. The van der Waals surface area contributed by atoms with Crippen molar-refractivity contribution in [1.82, 2.24) is 0 Å². The predicted octanol–water partition coefficient (Wildman–Crippen LogP) is 7.99. The topological polar surface area (TPSA) is 32.3 Å². The highest BCUT2D eigenvalue weighted by Crippen LogP contribution is 2.23. The molecule has 0 unspecified atom stereocenters. The summed E-state index contributed by atoms with van der Waals surface area (Å²) in [7, 11) is 1.92. The lowest BCUT2D eigenvalue weighted by atomic mass is 10.0. The number of rotatable bonds is 8. The highest BCUT2D eigenvalue weighted by Gasteiger charge is 2.03. The summed E-state index contributed by atoms with van der Waals surface area (Å²) in [6.45, 7) is 4.12. The first-order chi connectivity index (χ1) is 15.5. The third-order valence-electron chi connectivity index (χ3n) is 5.23. The molecule has 0 saturated carbocycles. The van der Waals surface area contributed by atoms with Crippen LogP contribution in [0.1, 0.15) is 34.2 Å². The third kappa shape index (κ3) is 6.88. The molecule has 3 aromatic rings. The molecule has 3 rings (SSSR count). The molecule has 2 heteroatoms. The maximum atomic E-state index is 10.7. The van der Waals surface area contributed by atoms with E-state index in [1.807, 2.05) is 50.4 Å². The first-order valence-corrected chi connectivity index (χ1v) is 10.9. The lowest BCUT2D eigenvalue weighted by molar-refractivity contribution is 0.512. The summed E-state index contributed by atoms with van der Waals surface area (Å²) in [6.07, 6.45) is 13.1. The van der Waals surface area contributed by atoms with Crippen LogP contribution in [0.15, 0.2) is 103 Å². The van der Waals surface area contributed by atoms with Crippen LogP contribution in [0.3, 0.4) is 0 Å². The zero-order valence-corrected chi connectivity index (χ0v) is 19.0. The van der Waals surface area contributed by atoms with E-state index in [1.54, 1.807) is 0 Å². The molecule has 32 heavy (non-hydrogen) atoms. The van der Waals surface area contributed by atoms with Crippen LogP contribution in [0.5, 0.6) is 0 Å². The summed E-state index contributed by atoms with van der Waals surface area (Å²) in [5.41, 5.74) is 7.56. The van der Waals surface area contributed by atoms with Crippen molar-refractivity contribution in [2.45, 2.75) is 20.3 Å². The third-order valence-corrected chi connectivity index (χ3v) is 5.23. The van der Waals surface area contributed by atoms with Crippen molar-refractivity contribution in [2.75, 3.05) is 12.4 Å². The van der Waals surface area contributed by atoms with Crippen LogP contribution in [0.25, 0.3) is 17.4 Å². The number of aliphatic hydroxyl groups is 1. The van der Waals surface area contributed by atoms with Gasteiger partial charge in [-0.1, -0.05) is 102 Å². The first kappa shape index (κ1) is 22.9. The van der Waals surface area contributed by atoms with E-state index in [4.69, 9.17) is 0 Å². The Hall–Kier alpha value is -3.78. The van der Waals surface area contributed by atoms with Crippen molar-refractivity contribution >= 4 is 23.1 Å². The SMILES string of the molecule is CNc1ccc(/C=C/C=C/C/C=C(\C=C(/O)c2ccc(C)cc2)c2ccc(C)cc2)cc1. The second kappa shape index (κ2) is 11.6. The summed E-state index contributed by atoms with van der Waals surface area (Å²) >= 11 is 0. The standard InChI is InChI=1S/C30H31NO/c1-23-10-16-26(17-11-23)28(22-30(32)27-18-12-24(2)13-19-27)9-7-5-4-6-8-25-14-20-29(31-3)21-15-25/h4-6,8-22,31-32H,7H2,1-3H3/b5-4+,8-6+,28-9+,30-22-. The Kier molecular flexibility index (Phi) is 8.28. The molecule has 0 aromatic heterocycles. The molecule has 0 heterocycles. The maximum absolute atomic E-state index is 10.7. The van der Waals surface area contributed by atoms with Gasteiger partial charge in [0.2, 0.25) is 0 Å². The number of hydrogen-bond acceptors (Lipinski definition) is 2. The summed E-state index contributed by atoms with van der Waals surface area (Å²) in [5, 5.41) is 13.8. The number of allylic oxidation sites excluding steroid dienone is 6. The van der Waals surface area contributed by atoms with E-state index in [-0.39, 0.29) is 5.76 Å². The van der Waals surface area contributed by atoms with E-state index in [2.05, 4.69) is 85.1 Å². The monoisotopic (exact) mass is 421 g/mol. The summed E-state index contributed by atoms with van der Waals surface area (Å²) in [5.74, 6) is 0.269. The quantitative estimate of drug-likeness (QED) is 0.285. The molecule has 0 aliphatic carbocycles. The Labute approximate surface area is 192 Å². The Morgan fingerprint density at radius 1 is 0.781 bits per heavy atom. The average molecular weight is 422 g/mol. The molecular weight excluding hydrogens is 390 g/mol. The zero-order chi connectivity index (χ0) is 22.8. The van der Waals surface area contributed by atoms with Crippen molar-refractivity contribution in [3.8, 4) is 0 Å². The average Bonchev–Trinajstić information content (AvgIpc) is 2.81. The second-order valence-electron chi connectivity index (χ2n) is 7.82. The first-order valence-electron chi connectivity index (χ1n) is 10.9. The van der Waals surface area contributed by atoms with E-state index in [0.717, 1.165) is 34.4 Å². The van der Waals surface area contributed by atoms with Gasteiger partial charge in [0.1, 0.15) is 5.76 Å². The molecule has 0 aliphatic heterocycles. The van der Waals surface area contributed by atoms with Gasteiger partial charge >= 0.3 is 0 Å². The van der Waals surface area contributed by atoms with Crippen LogP contribution >= 0.6 is 0 Å². The van der Waals surface area contributed by atoms with Gasteiger partial charge in [0.15, 0.2) is 0 Å². The molecule has 0 saturated heterocycles. The number of aryl methyl sites for hydroxylation is 2. The van der Waals surface area contributed by atoms with Crippen molar-refractivity contribution in [2.24, 2.45) is 0 Å². The summed E-state index contributed by atoms with van der Waals surface area (Å²) < 4.78 is 0. The number of aliphatic hydroxyl groups excluding tert-OH is 1. The Bertz CT molecular complexity index is 1110. The molecule has 2 nitrogen and oxygen atoms in total. The van der Waals surface area contributed by atoms with Crippen molar-refractivity contribution in [1.29, 1.82) is 0 Å². The highest BCUT2D eigenvalue weighted by molar-refractivity contribution is 5.81. The van der Waals surface area contributed by atoms with Crippen LogP contribution in [0, 0.1) is 13.8 Å². The Morgan fingerprint density at radius 2 is 1.38 bits per heavy atom. The van der Waals surface area contributed by atoms with Crippen LogP contribution < -0.4 is 5.32 Å². The van der Waals surface area contributed by atoms with Gasteiger partial charge in [-0.15, -0.1) is 0 Å². The largest absolute Gasteiger partial charge is 0.507 e. The minimum Gasteiger partial charge on any atom is -0.507 e. The van der Waals surface area contributed by atoms with E-state index >= 15 is 0 Å². The number of hydrogen-bond donors (Lipinski definition) is 2. The molecule has 0 fully saturated rings. The zero-order valence-electron chi connectivity index (χ0n) is 19.0. The molecule has 0 bridgehead atoms. The van der Waals surface area contributed by atoms with E-state index in [9.17, 15) is 5.11 Å². The molecule has 0 aliphatic rings. The Morgan fingerprint density at radius 3 is 1.97 bits per heavy atom. The smallest absolute Gasteiger partial charge is 0.123 e. The molecule has 3 aromatic carbocycles. The lowest BCUT2D eigenvalue weighted by Crippen LogP contribution is -1.87. The Balaban J connectivity index is 1.74. The number of anilines is 1. The summed E-state index contributed by atoms with van der Waals surface area (Å²) in [4.78, 5) is 0. The van der Waals surface area contributed by atoms with Crippen molar-refractivity contribution in [3.05, 3.63) is 131 Å². The predicted molar refractivity (Wildman–Crippen MR) is 140 cm³/mol. The van der Waals surface area contributed by atoms with Gasteiger partial charge in [-0.2, -0.15) is 0 Å². The van der Waals surface area contributed by atoms with Gasteiger partial charge in [0.25, 0.3) is 0 Å². The van der Waals surface area contributed by atoms with Crippen LogP contribution in [-0.4, -0.2) is 12.2 Å². The minimum atomic E-state index is 0.269. The fourth-order valence-corrected chi connectivity index (χ4v) is 3.24. The van der Waals surface area contributed by atoms with Gasteiger partial charge in [0, 0.05) is 18.3 Å². The lowest BCUT2D eigenvalue weighted by Gasteiger charge is -2.06. The van der Waals surface area contributed by atoms with Crippen molar-refractivity contribution < 1.29 is 5.11 Å². The highest BCUT2D eigenvalue weighted by atomic mass is 16.3. The molecule has 0 radical (unpaired) electrons. The molecule has 0 amide bonds. The van der Waals surface area contributed by atoms with Crippen LogP contribution in [-0.2, 0) is 0 Å². The molecular formula is C30H31NO. The normalized spacial score (nSPS) is 12.6. The van der Waals surface area contributed by atoms with Gasteiger partial charge in [0.05, 0.1) is 0 Å². The second-order valence-corrected chi connectivity index (χ2v) is 7.82. The van der Waals surface area contributed by atoms with Crippen LogP contribution in [0.4, 0.5) is 5.69 Å². The van der Waals surface area contributed by atoms with Gasteiger partial charge in [-0.05, 0) is 55.2 Å². The molecule has 0 spiro atoms. The van der Waals surface area contributed by atoms with E-state index < -0.39 is 0 Å². The van der Waals surface area contributed by atoms with E-state index in [0.29, 0.717) is 0 Å². The van der Waals surface area contributed by atoms with Crippen LogP contribution in [0.2, 0.25) is 0 Å². The fourth-order valence-electron chi connectivity index (χ4n) is 3.24. The molecule has 162 valence electrons. The van der Waals surface area contributed by atoms with E-state index in [1.165, 1.54) is 11.1 Å². The van der Waals surface area contributed by atoms with Gasteiger partial charge in [-0.25, -0.2) is 0 Å². The number of nitrogens with one attached hydrogen (secondary N) is 1. The minimum absolute atomic E-state index is 0.269. The van der Waals surface area contributed by atoms with Gasteiger partial charge in [-0.3, -0.25) is 0 Å². The maximum Gasteiger partial charge on any atom is 0.123 e.